The largest absolute Gasteiger partial charge is 0.478 e. The zero-order chi connectivity index (χ0) is 25.5. The van der Waals surface area contributed by atoms with E-state index < -0.39 is 11.9 Å². The predicted molar refractivity (Wildman–Crippen MR) is 140 cm³/mol. The summed E-state index contributed by atoms with van der Waals surface area (Å²) in [5, 5.41) is 28.6. The van der Waals surface area contributed by atoms with Crippen LogP contribution >= 0.6 is 11.8 Å². The molecule has 2 N–H and O–H groups in total. The van der Waals surface area contributed by atoms with Crippen LogP contribution in [-0.2, 0) is 18.7 Å². The summed E-state index contributed by atoms with van der Waals surface area (Å²) in [6.07, 6.45) is 2.84. The first-order valence-corrected chi connectivity index (χ1v) is 12.7. The topological polar surface area (TPSA) is 105 Å². The van der Waals surface area contributed by atoms with Crippen molar-refractivity contribution in [2.45, 2.75) is 43.6 Å². The van der Waals surface area contributed by atoms with E-state index >= 15 is 0 Å². The molecule has 1 aromatic heterocycles. The van der Waals surface area contributed by atoms with E-state index in [1.54, 1.807) is 24.3 Å². The third-order valence-corrected chi connectivity index (χ3v) is 6.93. The van der Waals surface area contributed by atoms with E-state index in [-0.39, 0.29) is 5.56 Å². The number of benzene rings is 3. The molecule has 4 aromatic rings. The molecule has 0 amide bonds. The number of carbonyl (C=O) groups is 2. The molecule has 3 aromatic carbocycles. The van der Waals surface area contributed by atoms with Crippen LogP contribution in [-0.4, -0.2) is 36.9 Å². The molecule has 0 unspecified atom stereocenters. The number of carboxylic acid groups (broad SMARTS) is 2. The van der Waals surface area contributed by atoms with Gasteiger partial charge in [0.2, 0.25) is 0 Å². The standard InChI is InChI=1S/C28H27N3O4S/c1-2-3-12-25-29-30-28(36-18-21-8-4-5-10-23(21)26(32)33)31(25)17-19-13-15-20(16-14-19)22-9-6-7-11-24(22)27(34)35/h4-11,13-16H,2-3,12,17-18H2,1H3,(H,32,33)(H,34,35). The molecule has 0 atom stereocenters. The van der Waals surface area contributed by atoms with E-state index in [4.69, 9.17) is 0 Å². The molecular weight excluding hydrogens is 474 g/mol. The number of hydrogen-bond acceptors (Lipinski definition) is 5. The fourth-order valence-electron chi connectivity index (χ4n) is 4.00. The highest BCUT2D eigenvalue weighted by atomic mass is 32.2. The maximum atomic E-state index is 11.6. The molecule has 7 nitrogen and oxygen atoms in total. The molecular formula is C28H27N3O4S. The third kappa shape index (κ3) is 5.83. The molecule has 4 rings (SSSR count). The second-order valence-corrected chi connectivity index (χ2v) is 9.33. The van der Waals surface area contributed by atoms with Gasteiger partial charge < -0.3 is 14.8 Å². The van der Waals surface area contributed by atoms with Crippen molar-refractivity contribution in [1.82, 2.24) is 14.8 Å². The van der Waals surface area contributed by atoms with Crippen molar-refractivity contribution in [2.24, 2.45) is 0 Å². The fraction of sp³-hybridized carbons (Fsp3) is 0.214. The maximum absolute atomic E-state index is 11.6. The summed E-state index contributed by atoms with van der Waals surface area (Å²) in [5.41, 5.74) is 3.85. The minimum absolute atomic E-state index is 0.270. The Morgan fingerprint density at radius 3 is 2.22 bits per heavy atom. The average molecular weight is 502 g/mol. The van der Waals surface area contributed by atoms with Gasteiger partial charge in [-0.05, 0) is 40.8 Å². The Morgan fingerprint density at radius 2 is 1.53 bits per heavy atom. The summed E-state index contributed by atoms with van der Waals surface area (Å²) in [5.74, 6) is -0.530. The van der Waals surface area contributed by atoms with Gasteiger partial charge in [0, 0.05) is 12.2 Å². The molecule has 8 heteroatoms. The lowest BCUT2D eigenvalue weighted by Crippen LogP contribution is -2.07. The lowest BCUT2D eigenvalue weighted by atomic mass is 9.99. The van der Waals surface area contributed by atoms with Gasteiger partial charge in [-0.25, -0.2) is 9.59 Å². The number of aromatic carboxylic acids is 2. The first kappa shape index (κ1) is 25.2. The van der Waals surface area contributed by atoms with Gasteiger partial charge in [-0.2, -0.15) is 0 Å². The van der Waals surface area contributed by atoms with Crippen LogP contribution in [0, 0.1) is 0 Å². The number of carboxylic acids is 2. The van der Waals surface area contributed by atoms with Gasteiger partial charge in [-0.3, -0.25) is 0 Å². The van der Waals surface area contributed by atoms with Crippen LogP contribution < -0.4 is 0 Å². The Hall–Kier alpha value is -3.91. The molecule has 36 heavy (non-hydrogen) atoms. The van der Waals surface area contributed by atoms with Crippen LogP contribution in [0.15, 0.2) is 78.0 Å². The highest BCUT2D eigenvalue weighted by molar-refractivity contribution is 7.98. The van der Waals surface area contributed by atoms with Gasteiger partial charge in [-0.1, -0.05) is 85.8 Å². The molecule has 0 bridgehead atoms. The van der Waals surface area contributed by atoms with Gasteiger partial charge >= 0.3 is 11.9 Å². The van der Waals surface area contributed by atoms with Crippen LogP contribution in [0.2, 0.25) is 0 Å². The molecule has 0 aliphatic rings. The molecule has 0 aliphatic carbocycles. The number of rotatable bonds is 11. The average Bonchev–Trinajstić information content (AvgIpc) is 3.27. The zero-order valence-corrected chi connectivity index (χ0v) is 20.7. The maximum Gasteiger partial charge on any atom is 0.336 e. The van der Waals surface area contributed by atoms with Crippen LogP contribution in [0.25, 0.3) is 11.1 Å². The summed E-state index contributed by atoms with van der Waals surface area (Å²) >= 11 is 1.47. The van der Waals surface area contributed by atoms with E-state index in [9.17, 15) is 19.8 Å². The summed E-state index contributed by atoms with van der Waals surface area (Å²) < 4.78 is 2.09. The normalized spacial score (nSPS) is 10.9. The third-order valence-electron chi connectivity index (χ3n) is 5.92. The van der Waals surface area contributed by atoms with Crippen molar-refractivity contribution in [3.63, 3.8) is 0 Å². The van der Waals surface area contributed by atoms with Crippen LogP contribution in [0.5, 0.6) is 0 Å². The minimum Gasteiger partial charge on any atom is -0.478 e. The molecule has 0 radical (unpaired) electrons. The van der Waals surface area contributed by atoms with Gasteiger partial charge in [-0.15, -0.1) is 10.2 Å². The lowest BCUT2D eigenvalue weighted by molar-refractivity contribution is 0.0686. The van der Waals surface area contributed by atoms with E-state index in [0.717, 1.165) is 46.9 Å². The van der Waals surface area contributed by atoms with Crippen LogP contribution in [0.1, 0.15) is 57.4 Å². The second kappa shape index (κ2) is 11.7. The quantitative estimate of drug-likeness (QED) is 0.242. The number of thioether (sulfide) groups is 1. The first-order chi connectivity index (χ1) is 17.5. The SMILES string of the molecule is CCCCc1nnc(SCc2ccccc2C(=O)O)n1Cc1ccc(-c2ccccc2C(=O)O)cc1. The summed E-state index contributed by atoms with van der Waals surface area (Å²) in [6, 6.07) is 21.8. The molecule has 0 spiro atoms. The smallest absolute Gasteiger partial charge is 0.336 e. The Labute approximate surface area is 213 Å². The van der Waals surface area contributed by atoms with Crippen molar-refractivity contribution in [3.05, 3.63) is 101 Å². The number of unbranched alkanes of at least 4 members (excludes halogenated alkanes) is 1. The fourth-order valence-corrected chi connectivity index (χ4v) is 4.96. The van der Waals surface area contributed by atoms with Crippen LogP contribution in [0.4, 0.5) is 0 Å². The monoisotopic (exact) mass is 501 g/mol. The van der Waals surface area contributed by atoms with Crippen molar-refractivity contribution in [1.29, 1.82) is 0 Å². The Kier molecular flexibility index (Phi) is 8.17. The van der Waals surface area contributed by atoms with Gasteiger partial charge in [0.05, 0.1) is 17.7 Å². The number of hydrogen-bond donors (Lipinski definition) is 2. The van der Waals surface area contributed by atoms with Crippen molar-refractivity contribution in [3.8, 4) is 11.1 Å². The highest BCUT2D eigenvalue weighted by Crippen LogP contribution is 2.27. The zero-order valence-electron chi connectivity index (χ0n) is 19.9. The van der Waals surface area contributed by atoms with Crippen molar-refractivity contribution in [2.75, 3.05) is 0 Å². The lowest BCUT2D eigenvalue weighted by Gasteiger charge is -2.12. The first-order valence-electron chi connectivity index (χ1n) is 11.8. The Bertz CT molecular complexity index is 1370. The number of nitrogens with zero attached hydrogens (tertiary/aromatic N) is 3. The number of aromatic nitrogens is 3. The summed E-state index contributed by atoms with van der Waals surface area (Å²) in [6.45, 7) is 2.70. The Morgan fingerprint density at radius 1 is 0.861 bits per heavy atom. The Balaban J connectivity index is 1.58. The van der Waals surface area contributed by atoms with E-state index in [1.165, 1.54) is 11.8 Å². The molecule has 0 fully saturated rings. The highest BCUT2D eigenvalue weighted by Gasteiger charge is 2.16. The van der Waals surface area contributed by atoms with Gasteiger partial charge in [0.25, 0.3) is 0 Å². The molecule has 1 heterocycles. The molecule has 0 saturated heterocycles. The molecule has 0 saturated carbocycles. The van der Waals surface area contributed by atoms with E-state index in [2.05, 4.69) is 21.7 Å². The molecule has 184 valence electrons. The van der Waals surface area contributed by atoms with Gasteiger partial charge in [0.1, 0.15) is 5.82 Å². The van der Waals surface area contributed by atoms with E-state index in [1.807, 2.05) is 48.5 Å². The van der Waals surface area contributed by atoms with Crippen molar-refractivity contribution >= 4 is 23.7 Å². The second-order valence-electron chi connectivity index (χ2n) is 8.39. The van der Waals surface area contributed by atoms with E-state index in [0.29, 0.717) is 23.4 Å². The number of aryl methyl sites for hydroxylation is 1. The summed E-state index contributed by atoms with van der Waals surface area (Å²) in [4.78, 5) is 23.2. The van der Waals surface area contributed by atoms with Crippen LogP contribution in [0.3, 0.4) is 0 Å². The predicted octanol–water partition coefficient (Wildman–Crippen LogP) is 6.02. The molecule has 0 aliphatic heterocycles. The minimum atomic E-state index is -0.953. The summed E-state index contributed by atoms with van der Waals surface area (Å²) in [7, 11) is 0. The van der Waals surface area contributed by atoms with Crippen molar-refractivity contribution < 1.29 is 19.8 Å². The van der Waals surface area contributed by atoms with Gasteiger partial charge in [0.15, 0.2) is 5.16 Å².